The highest BCUT2D eigenvalue weighted by Gasteiger charge is 2.04. The van der Waals surface area contributed by atoms with Gasteiger partial charge in [0.15, 0.2) is 0 Å². The van der Waals surface area contributed by atoms with Crippen LogP contribution >= 0.6 is 23.4 Å². The third kappa shape index (κ3) is 3.46. The van der Waals surface area contributed by atoms with Crippen molar-refractivity contribution in [2.45, 2.75) is 22.9 Å². The number of benzene rings is 1. The van der Waals surface area contributed by atoms with Crippen LogP contribution in [0.2, 0.25) is 5.02 Å². The molecule has 0 unspecified atom stereocenters. The van der Waals surface area contributed by atoms with Crippen LogP contribution in [0, 0.1) is 0 Å². The van der Waals surface area contributed by atoms with Crippen LogP contribution in [0.4, 0.5) is 0 Å². The Labute approximate surface area is 110 Å². The van der Waals surface area contributed by atoms with Gasteiger partial charge in [-0.05, 0) is 42.8 Å². The molecule has 1 aromatic heterocycles. The molecule has 0 bridgehead atoms. The zero-order valence-electron chi connectivity index (χ0n) is 9.30. The Hall–Kier alpha value is -1.03. The first-order valence-electron chi connectivity index (χ1n) is 5.22. The molecule has 2 nitrogen and oxygen atoms in total. The van der Waals surface area contributed by atoms with Gasteiger partial charge >= 0.3 is 0 Å². The third-order valence-corrected chi connectivity index (χ3v) is 3.42. The van der Waals surface area contributed by atoms with Gasteiger partial charge in [-0.15, -0.1) is 0 Å². The number of hydrogen-bond acceptors (Lipinski definition) is 3. The third-order valence-electron chi connectivity index (χ3n) is 2.26. The summed E-state index contributed by atoms with van der Waals surface area (Å²) in [6.07, 6.45) is 1.23. The maximum Gasteiger partial charge on any atom is 0.101 e. The Balaban J connectivity index is 2.21. The van der Waals surface area contributed by atoms with Gasteiger partial charge in [-0.2, -0.15) is 0 Å². The summed E-state index contributed by atoms with van der Waals surface area (Å²) in [6.45, 7) is 1.74. The highest BCUT2D eigenvalue weighted by atomic mass is 35.5. The molecular weight excluding hydrogens is 254 g/mol. The van der Waals surface area contributed by atoms with Crippen molar-refractivity contribution in [3.05, 3.63) is 53.2 Å². The van der Waals surface area contributed by atoms with Crippen molar-refractivity contribution in [2.75, 3.05) is 0 Å². The number of halogens is 1. The zero-order valence-corrected chi connectivity index (χ0v) is 10.9. The molecule has 0 saturated carbocycles. The second-order valence-corrected chi connectivity index (χ2v) is 5.19. The molecule has 0 fully saturated rings. The van der Waals surface area contributed by atoms with Crippen LogP contribution in [0.5, 0.6) is 0 Å². The average Bonchev–Trinajstić information content (AvgIpc) is 2.29. The van der Waals surface area contributed by atoms with E-state index in [0.717, 1.165) is 15.5 Å². The fourth-order valence-corrected chi connectivity index (χ4v) is 2.53. The van der Waals surface area contributed by atoms with Gasteiger partial charge in [0.05, 0.1) is 6.10 Å². The average molecular weight is 266 g/mol. The molecule has 0 radical (unpaired) electrons. The number of aromatic nitrogens is 1. The molecule has 0 aliphatic rings. The van der Waals surface area contributed by atoms with E-state index in [4.69, 9.17) is 11.6 Å². The summed E-state index contributed by atoms with van der Waals surface area (Å²) in [5, 5.41) is 11.1. The standard InChI is InChI=1S/C13H12ClNOS/c1-9(16)10-5-6-15-13(7-10)17-12-4-2-3-11(14)8-12/h2-9,16H,1H3/t9-/m1/s1. The van der Waals surface area contributed by atoms with E-state index in [1.807, 2.05) is 36.4 Å². The molecule has 4 heteroatoms. The van der Waals surface area contributed by atoms with Gasteiger partial charge in [-0.1, -0.05) is 29.4 Å². The van der Waals surface area contributed by atoms with Crippen LogP contribution in [0.25, 0.3) is 0 Å². The van der Waals surface area contributed by atoms with Crippen molar-refractivity contribution in [1.29, 1.82) is 0 Å². The summed E-state index contributed by atoms with van der Waals surface area (Å²) in [5.41, 5.74) is 0.865. The smallest absolute Gasteiger partial charge is 0.101 e. The number of nitrogens with zero attached hydrogens (tertiary/aromatic N) is 1. The van der Waals surface area contributed by atoms with Crippen LogP contribution in [0.15, 0.2) is 52.5 Å². The van der Waals surface area contributed by atoms with Gasteiger partial charge in [0.25, 0.3) is 0 Å². The SMILES string of the molecule is C[C@@H](O)c1ccnc(Sc2cccc(Cl)c2)c1. The minimum Gasteiger partial charge on any atom is -0.389 e. The number of aliphatic hydroxyl groups excluding tert-OH is 1. The van der Waals surface area contributed by atoms with Gasteiger partial charge in [-0.3, -0.25) is 0 Å². The van der Waals surface area contributed by atoms with Crippen molar-refractivity contribution in [2.24, 2.45) is 0 Å². The molecule has 1 N–H and O–H groups in total. The highest BCUT2D eigenvalue weighted by molar-refractivity contribution is 7.99. The summed E-state index contributed by atoms with van der Waals surface area (Å²) in [4.78, 5) is 5.29. The molecule has 2 rings (SSSR count). The quantitative estimate of drug-likeness (QED) is 0.913. The van der Waals surface area contributed by atoms with Crippen LogP contribution in [0.1, 0.15) is 18.6 Å². The molecule has 17 heavy (non-hydrogen) atoms. The molecule has 0 aliphatic carbocycles. The molecule has 1 heterocycles. The molecule has 1 atom stereocenters. The maximum atomic E-state index is 9.50. The van der Waals surface area contributed by atoms with Crippen molar-refractivity contribution in [3.8, 4) is 0 Å². The molecular formula is C13H12ClNOS. The number of rotatable bonds is 3. The van der Waals surface area contributed by atoms with Gasteiger partial charge < -0.3 is 5.11 Å². The molecule has 88 valence electrons. The normalized spacial score (nSPS) is 12.4. The van der Waals surface area contributed by atoms with Crippen molar-refractivity contribution >= 4 is 23.4 Å². The predicted molar refractivity (Wildman–Crippen MR) is 70.4 cm³/mol. The Morgan fingerprint density at radius 2 is 2.12 bits per heavy atom. The second-order valence-electron chi connectivity index (χ2n) is 3.66. The van der Waals surface area contributed by atoms with E-state index in [2.05, 4.69) is 4.98 Å². The summed E-state index contributed by atoms with van der Waals surface area (Å²) >= 11 is 7.45. The topological polar surface area (TPSA) is 33.1 Å². The second kappa shape index (κ2) is 5.54. The molecule has 0 aliphatic heterocycles. The Morgan fingerprint density at radius 3 is 2.82 bits per heavy atom. The summed E-state index contributed by atoms with van der Waals surface area (Å²) in [6, 6.07) is 11.3. The fourth-order valence-electron chi connectivity index (χ4n) is 1.39. The predicted octanol–water partition coefficient (Wildman–Crippen LogP) is 3.94. The highest BCUT2D eigenvalue weighted by Crippen LogP contribution is 2.29. The first-order chi connectivity index (χ1) is 8.15. The van der Waals surface area contributed by atoms with Gasteiger partial charge in [0, 0.05) is 16.1 Å². The Kier molecular flexibility index (Phi) is 4.05. The first-order valence-corrected chi connectivity index (χ1v) is 6.42. The lowest BCUT2D eigenvalue weighted by atomic mass is 10.2. The van der Waals surface area contributed by atoms with Crippen LogP contribution in [0.3, 0.4) is 0 Å². The van der Waals surface area contributed by atoms with E-state index in [1.165, 1.54) is 11.8 Å². The van der Waals surface area contributed by atoms with Crippen LogP contribution in [-0.4, -0.2) is 10.1 Å². The number of hydrogen-bond donors (Lipinski definition) is 1. The van der Waals surface area contributed by atoms with Crippen molar-refractivity contribution in [3.63, 3.8) is 0 Å². The van der Waals surface area contributed by atoms with Gasteiger partial charge in [0.2, 0.25) is 0 Å². The van der Waals surface area contributed by atoms with Crippen LogP contribution in [-0.2, 0) is 0 Å². The fraction of sp³-hybridized carbons (Fsp3) is 0.154. The lowest BCUT2D eigenvalue weighted by molar-refractivity contribution is 0.199. The van der Waals surface area contributed by atoms with E-state index >= 15 is 0 Å². The monoisotopic (exact) mass is 265 g/mol. The summed E-state index contributed by atoms with van der Waals surface area (Å²) in [7, 11) is 0. The molecule has 0 saturated heterocycles. The van der Waals surface area contributed by atoms with E-state index in [0.29, 0.717) is 5.02 Å². The summed E-state index contributed by atoms with van der Waals surface area (Å²) < 4.78 is 0. The molecule has 2 aromatic rings. The first kappa shape index (κ1) is 12.4. The van der Waals surface area contributed by atoms with E-state index in [1.54, 1.807) is 13.1 Å². The van der Waals surface area contributed by atoms with E-state index in [-0.39, 0.29) is 0 Å². The van der Waals surface area contributed by atoms with E-state index in [9.17, 15) is 5.11 Å². The Bertz CT molecular complexity index is 516. The van der Waals surface area contributed by atoms with E-state index < -0.39 is 6.10 Å². The molecule has 0 amide bonds. The lowest BCUT2D eigenvalue weighted by Crippen LogP contribution is -1.92. The molecule has 0 spiro atoms. The van der Waals surface area contributed by atoms with Crippen LogP contribution < -0.4 is 0 Å². The minimum atomic E-state index is -0.475. The minimum absolute atomic E-state index is 0.475. The molecule has 1 aromatic carbocycles. The van der Waals surface area contributed by atoms with Gasteiger partial charge in [-0.25, -0.2) is 4.98 Å². The summed E-state index contributed by atoms with van der Waals surface area (Å²) in [5.74, 6) is 0. The van der Waals surface area contributed by atoms with Crippen molar-refractivity contribution < 1.29 is 5.11 Å². The zero-order chi connectivity index (χ0) is 12.3. The number of pyridine rings is 1. The van der Waals surface area contributed by atoms with Crippen molar-refractivity contribution in [1.82, 2.24) is 4.98 Å². The lowest BCUT2D eigenvalue weighted by Gasteiger charge is -2.06. The Morgan fingerprint density at radius 1 is 1.29 bits per heavy atom. The number of aliphatic hydroxyl groups is 1. The maximum absolute atomic E-state index is 9.50. The van der Waals surface area contributed by atoms with Gasteiger partial charge in [0.1, 0.15) is 5.03 Å². The largest absolute Gasteiger partial charge is 0.389 e.